The van der Waals surface area contributed by atoms with Crippen LogP contribution in [0, 0.1) is 5.92 Å². The summed E-state index contributed by atoms with van der Waals surface area (Å²) in [6, 6.07) is 0. The predicted octanol–water partition coefficient (Wildman–Crippen LogP) is 1.71. The van der Waals surface area contributed by atoms with Gasteiger partial charge in [-0.2, -0.15) is 0 Å². The third-order valence-electron chi connectivity index (χ3n) is 1.89. The highest BCUT2D eigenvalue weighted by Crippen LogP contribution is 2.22. The zero-order valence-electron chi connectivity index (χ0n) is 5.56. The minimum absolute atomic E-state index is 0.0336. The molecular weight excluding hydrogens is 119 g/mol. The summed E-state index contributed by atoms with van der Waals surface area (Å²) in [6.45, 7) is 1.80. The first-order valence-electron chi connectivity index (χ1n) is 3.39. The monoisotopic (exact) mass is 130 g/mol. The SMILES string of the molecule is C[C@@H]1CCC[C@@H](F)C1=O. The van der Waals surface area contributed by atoms with Crippen molar-refractivity contribution in [3.05, 3.63) is 0 Å². The third kappa shape index (κ3) is 1.29. The Labute approximate surface area is 54.3 Å². The maximum absolute atomic E-state index is 12.5. The Hall–Kier alpha value is -0.400. The van der Waals surface area contributed by atoms with E-state index in [9.17, 15) is 9.18 Å². The van der Waals surface area contributed by atoms with Crippen LogP contribution in [0.25, 0.3) is 0 Å². The van der Waals surface area contributed by atoms with Crippen LogP contribution in [0.15, 0.2) is 0 Å². The van der Waals surface area contributed by atoms with E-state index >= 15 is 0 Å². The van der Waals surface area contributed by atoms with Crippen LogP contribution < -0.4 is 0 Å². The number of rotatable bonds is 0. The molecule has 0 aromatic heterocycles. The van der Waals surface area contributed by atoms with E-state index in [-0.39, 0.29) is 11.7 Å². The second-order valence-electron chi connectivity index (χ2n) is 2.70. The number of carbonyl (C=O) groups is 1. The van der Waals surface area contributed by atoms with Crippen LogP contribution in [-0.4, -0.2) is 12.0 Å². The zero-order valence-corrected chi connectivity index (χ0v) is 5.56. The van der Waals surface area contributed by atoms with Crippen molar-refractivity contribution >= 4 is 5.78 Å². The molecule has 52 valence electrons. The van der Waals surface area contributed by atoms with Crippen molar-refractivity contribution < 1.29 is 9.18 Å². The van der Waals surface area contributed by atoms with E-state index in [1.54, 1.807) is 6.92 Å². The molecule has 0 aromatic rings. The number of Topliss-reactive ketones (excluding diaryl/α,β-unsaturated/α-hetero) is 1. The number of halogens is 1. The maximum atomic E-state index is 12.5. The Morgan fingerprint density at radius 2 is 2.22 bits per heavy atom. The van der Waals surface area contributed by atoms with Crippen LogP contribution in [0.2, 0.25) is 0 Å². The van der Waals surface area contributed by atoms with Gasteiger partial charge >= 0.3 is 0 Å². The molecule has 1 saturated carbocycles. The molecule has 1 rings (SSSR count). The standard InChI is InChI=1S/C7H11FO/c1-5-3-2-4-6(8)7(5)9/h5-6H,2-4H2,1H3/t5-,6-/m1/s1. The van der Waals surface area contributed by atoms with Crippen molar-refractivity contribution in [2.45, 2.75) is 32.4 Å². The smallest absolute Gasteiger partial charge is 0.169 e. The number of carbonyl (C=O) groups excluding carboxylic acids is 1. The fourth-order valence-electron chi connectivity index (χ4n) is 1.20. The Morgan fingerprint density at radius 3 is 2.67 bits per heavy atom. The van der Waals surface area contributed by atoms with Gasteiger partial charge in [0.05, 0.1) is 0 Å². The van der Waals surface area contributed by atoms with Gasteiger partial charge in [-0.05, 0) is 19.3 Å². The summed E-state index contributed by atoms with van der Waals surface area (Å²) in [5, 5.41) is 0. The summed E-state index contributed by atoms with van der Waals surface area (Å²) in [6.07, 6.45) is 1.03. The lowest BCUT2D eigenvalue weighted by atomic mass is 9.88. The molecule has 0 unspecified atom stereocenters. The molecule has 2 heteroatoms. The maximum Gasteiger partial charge on any atom is 0.169 e. The minimum atomic E-state index is -1.16. The topological polar surface area (TPSA) is 17.1 Å². The van der Waals surface area contributed by atoms with Gasteiger partial charge < -0.3 is 0 Å². The van der Waals surface area contributed by atoms with Crippen LogP contribution in [0.3, 0.4) is 0 Å². The van der Waals surface area contributed by atoms with Crippen molar-refractivity contribution in [1.29, 1.82) is 0 Å². The van der Waals surface area contributed by atoms with Gasteiger partial charge in [0.1, 0.15) is 0 Å². The summed E-state index contributed by atoms with van der Waals surface area (Å²) in [5.41, 5.74) is 0. The van der Waals surface area contributed by atoms with Gasteiger partial charge in [-0.25, -0.2) is 4.39 Å². The molecule has 1 aliphatic rings. The first-order chi connectivity index (χ1) is 4.22. The van der Waals surface area contributed by atoms with Crippen LogP contribution in [-0.2, 0) is 4.79 Å². The Kier molecular flexibility index (Phi) is 1.84. The molecule has 0 amide bonds. The largest absolute Gasteiger partial charge is 0.296 e. The molecule has 0 aromatic carbocycles. The Bertz CT molecular complexity index is 110. The molecule has 1 fully saturated rings. The lowest BCUT2D eigenvalue weighted by Crippen LogP contribution is -2.27. The number of hydrogen-bond acceptors (Lipinski definition) is 1. The number of alkyl halides is 1. The highest BCUT2D eigenvalue weighted by atomic mass is 19.1. The quantitative estimate of drug-likeness (QED) is 0.488. The van der Waals surface area contributed by atoms with Crippen molar-refractivity contribution in [1.82, 2.24) is 0 Å². The fraction of sp³-hybridized carbons (Fsp3) is 0.857. The second kappa shape index (κ2) is 2.46. The molecule has 0 radical (unpaired) electrons. The normalized spacial score (nSPS) is 36.9. The summed E-state index contributed by atoms with van der Waals surface area (Å²) in [5.74, 6) is -0.227. The van der Waals surface area contributed by atoms with E-state index in [0.29, 0.717) is 6.42 Å². The van der Waals surface area contributed by atoms with Crippen molar-refractivity contribution in [3.63, 3.8) is 0 Å². The van der Waals surface area contributed by atoms with Gasteiger partial charge in [0.25, 0.3) is 0 Å². The summed E-state index contributed by atoms with van der Waals surface area (Å²) in [7, 11) is 0. The molecule has 0 bridgehead atoms. The van der Waals surface area contributed by atoms with E-state index in [1.165, 1.54) is 0 Å². The average molecular weight is 130 g/mol. The molecule has 0 aliphatic heterocycles. The first kappa shape index (κ1) is 6.72. The van der Waals surface area contributed by atoms with Gasteiger partial charge in [0, 0.05) is 5.92 Å². The zero-order chi connectivity index (χ0) is 6.85. The molecule has 0 spiro atoms. The van der Waals surface area contributed by atoms with Crippen LogP contribution in [0.4, 0.5) is 4.39 Å². The van der Waals surface area contributed by atoms with Crippen molar-refractivity contribution in [3.8, 4) is 0 Å². The Morgan fingerprint density at radius 1 is 1.56 bits per heavy atom. The van der Waals surface area contributed by atoms with E-state index in [0.717, 1.165) is 12.8 Å². The predicted molar refractivity (Wildman–Crippen MR) is 32.9 cm³/mol. The highest BCUT2D eigenvalue weighted by molar-refractivity contribution is 5.85. The van der Waals surface area contributed by atoms with Crippen molar-refractivity contribution in [2.24, 2.45) is 5.92 Å². The van der Waals surface area contributed by atoms with Gasteiger partial charge in [-0.1, -0.05) is 6.92 Å². The van der Waals surface area contributed by atoms with Crippen molar-refractivity contribution in [2.75, 3.05) is 0 Å². The average Bonchev–Trinajstić information content (AvgIpc) is 1.83. The highest BCUT2D eigenvalue weighted by Gasteiger charge is 2.27. The van der Waals surface area contributed by atoms with E-state index in [2.05, 4.69) is 0 Å². The van der Waals surface area contributed by atoms with E-state index in [1.807, 2.05) is 0 Å². The lowest BCUT2D eigenvalue weighted by Gasteiger charge is -2.18. The third-order valence-corrected chi connectivity index (χ3v) is 1.89. The van der Waals surface area contributed by atoms with E-state index in [4.69, 9.17) is 0 Å². The van der Waals surface area contributed by atoms with Crippen LogP contribution in [0.5, 0.6) is 0 Å². The molecule has 9 heavy (non-hydrogen) atoms. The number of hydrogen-bond donors (Lipinski definition) is 0. The molecule has 0 N–H and O–H groups in total. The summed E-state index contributed by atoms with van der Waals surface area (Å²) < 4.78 is 12.5. The Balaban J connectivity index is 2.52. The molecular formula is C7H11FO. The second-order valence-corrected chi connectivity index (χ2v) is 2.70. The first-order valence-corrected chi connectivity index (χ1v) is 3.39. The van der Waals surface area contributed by atoms with Crippen LogP contribution >= 0.6 is 0 Å². The fourth-order valence-corrected chi connectivity index (χ4v) is 1.20. The van der Waals surface area contributed by atoms with Crippen LogP contribution in [0.1, 0.15) is 26.2 Å². The van der Waals surface area contributed by atoms with E-state index < -0.39 is 6.17 Å². The molecule has 1 aliphatic carbocycles. The molecule has 1 nitrogen and oxygen atoms in total. The van der Waals surface area contributed by atoms with Gasteiger partial charge in [-0.3, -0.25) is 4.79 Å². The summed E-state index contributed by atoms with van der Waals surface area (Å²) >= 11 is 0. The lowest BCUT2D eigenvalue weighted by molar-refractivity contribution is -0.129. The number of ketones is 1. The molecule has 0 heterocycles. The van der Waals surface area contributed by atoms with Gasteiger partial charge in [-0.15, -0.1) is 0 Å². The van der Waals surface area contributed by atoms with Gasteiger partial charge in [0.2, 0.25) is 0 Å². The minimum Gasteiger partial charge on any atom is -0.296 e. The molecule has 0 saturated heterocycles. The molecule has 2 atom stereocenters. The summed E-state index contributed by atoms with van der Waals surface area (Å²) in [4.78, 5) is 10.8. The van der Waals surface area contributed by atoms with Gasteiger partial charge in [0.15, 0.2) is 12.0 Å².